The van der Waals surface area contributed by atoms with E-state index < -0.39 is 0 Å². The van der Waals surface area contributed by atoms with Gasteiger partial charge in [0.2, 0.25) is 0 Å². The minimum absolute atomic E-state index is 0.154. The molecule has 3 aromatic rings. The molecule has 0 saturated heterocycles. The summed E-state index contributed by atoms with van der Waals surface area (Å²) in [4.78, 5) is 12.0. The fraction of sp³-hybridized carbons (Fsp3) is 0.143. The van der Waals surface area contributed by atoms with Crippen molar-refractivity contribution in [2.45, 2.75) is 13.5 Å². The van der Waals surface area contributed by atoms with E-state index in [2.05, 4.69) is 26.6 Å². The van der Waals surface area contributed by atoms with Crippen molar-refractivity contribution in [1.29, 1.82) is 0 Å². The number of aryl methyl sites for hydroxylation is 1. The first-order chi connectivity index (χ1) is 13.9. The van der Waals surface area contributed by atoms with E-state index >= 15 is 0 Å². The van der Waals surface area contributed by atoms with Gasteiger partial charge in [-0.3, -0.25) is 4.79 Å². The maximum absolute atomic E-state index is 12.0. The van der Waals surface area contributed by atoms with Gasteiger partial charge in [-0.1, -0.05) is 39.7 Å². The third kappa shape index (κ3) is 6.32. The summed E-state index contributed by atoms with van der Waals surface area (Å²) in [5.41, 5.74) is 1.83. The van der Waals surface area contributed by atoms with E-state index in [9.17, 15) is 4.79 Å². The Morgan fingerprint density at radius 3 is 2.66 bits per heavy atom. The molecule has 0 aliphatic rings. The van der Waals surface area contributed by atoms with Crippen LogP contribution in [0.4, 0.5) is 0 Å². The van der Waals surface area contributed by atoms with Gasteiger partial charge in [0.25, 0.3) is 5.91 Å². The van der Waals surface area contributed by atoms with E-state index in [1.54, 1.807) is 18.2 Å². The normalized spacial score (nSPS) is 10.4. The number of hydrogen-bond acceptors (Lipinski definition) is 4. The van der Waals surface area contributed by atoms with Gasteiger partial charge in [0.05, 0.1) is 6.54 Å². The van der Waals surface area contributed by atoms with Gasteiger partial charge in [-0.05, 0) is 67.2 Å². The minimum atomic E-state index is -0.355. The number of carbonyl (C=O) groups excluding carboxylic acids is 1. The van der Waals surface area contributed by atoms with E-state index in [0.717, 1.165) is 21.4 Å². The monoisotopic (exact) mass is 492 g/mol. The zero-order valence-electron chi connectivity index (χ0n) is 15.5. The molecular formula is C21H18BrClN2O3S. The molecule has 29 heavy (non-hydrogen) atoms. The van der Waals surface area contributed by atoms with Crippen LogP contribution in [0.15, 0.2) is 63.5 Å². The molecule has 0 fully saturated rings. The summed E-state index contributed by atoms with van der Waals surface area (Å²) >= 11 is 14.5. The number of thiocarbonyl (C=S) groups is 1. The highest BCUT2D eigenvalue weighted by Gasteiger charge is 2.09. The lowest BCUT2D eigenvalue weighted by Gasteiger charge is -2.11. The molecular weight excluding hydrogens is 476 g/mol. The van der Waals surface area contributed by atoms with Crippen molar-refractivity contribution < 1.29 is 13.9 Å². The second-order valence-electron chi connectivity index (χ2n) is 6.20. The van der Waals surface area contributed by atoms with Crippen molar-refractivity contribution >= 4 is 50.8 Å². The fourth-order valence-electron chi connectivity index (χ4n) is 2.53. The Morgan fingerprint density at radius 1 is 1.17 bits per heavy atom. The second kappa shape index (κ2) is 9.91. The molecule has 3 rings (SSSR count). The standard InChI is InChI=1S/C21H18BrClN2O3S/c1-13-10-16(23)6-8-18(13)27-12-20(26)25-21(29)24-11-17-7-9-19(28-17)14-2-4-15(22)5-3-14/h2-10H,11-12H2,1H3,(H2,24,25,26,29). The zero-order chi connectivity index (χ0) is 20.8. The molecule has 0 spiro atoms. The molecule has 0 bridgehead atoms. The van der Waals surface area contributed by atoms with Gasteiger partial charge in [-0.2, -0.15) is 0 Å². The molecule has 0 unspecified atom stereocenters. The first kappa shape index (κ1) is 21.4. The van der Waals surface area contributed by atoms with Crippen LogP contribution in [-0.2, 0) is 11.3 Å². The van der Waals surface area contributed by atoms with Crippen molar-refractivity contribution in [2.24, 2.45) is 0 Å². The van der Waals surface area contributed by atoms with Crippen LogP contribution >= 0.6 is 39.7 Å². The third-order valence-electron chi connectivity index (χ3n) is 3.96. The summed E-state index contributed by atoms with van der Waals surface area (Å²) in [6.07, 6.45) is 0. The second-order valence-corrected chi connectivity index (χ2v) is 7.96. The van der Waals surface area contributed by atoms with Crippen LogP contribution < -0.4 is 15.4 Å². The molecule has 8 heteroatoms. The summed E-state index contributed by atoms with van der Waals surface area (Å²) in [5.74, 6) is 1.70. The highest BCUT2D eigenvalue weighted by atomic mass is 79.9. The molecule has 150 valence electrons. The molecule has 0 saturated carbocycles. The Balaban J connectivity index is 1.45. The van der Waals surface area contributed by atoms with Crippen molar-refractivity contribution in [3.63, 3.8) is 0 Å². The van der Waals surface area contributed by atoms with Crippen LogP contribution in [0.5, 0.6) is 5.75 Å². The molecule has 1 amide bonds. The molecule has 2 N–H and O–H groups in total. The van der Waals surface area contributed by atoms with E-state index in [4.69, 9.17) is 33.0 Å². The SMILES string of the molecule is Cc1cc(Cl)ccc1OCC(=O)NC(=S)NCc1ccc(-c2ccc(Br)cc2)o1. The molecule has 2 aromatic carbocycles. The molecule has 1 heterocycles. The summed E-state index contributed by atoms with van der Waals surface area (Å²) in [7, 11) is 0. The highest BCUT2D eigenvalue weighted by molar-refractivity contribution is 9.10. The number of furan rings is 1. The Morgan fingerprint density at radius 2 is 1.93 bits per heavy atom. The Hall–Kier alpha value is -2.35. The summed E-state index contributed by atoms with van der Waals surface area (Å²) in [6.45, 7) is 2.06. The summed E-state index contributed by atoms with van der Waals surface area (Å²) in [6, 6.07) is 16.8. The van der Waals surface area contributed by atoms with Crippen LogP contribution in [0, 0.1) is 6.92 Å². The average molecular weight is 494 g/mol. The van der Waals surface area contributed by atoms with Crippen molar-refractivity contribution in [3.8, 4) is 17.1 Å². The van der Waals surface area contributed by atoms with Gasteiger partial charge in [0.15, 0.2) is 11.7 Å². The van der Waals surface area contributed by atoms with Gasteiger partial charge in [-0.15, -0.1) is 0 Å². The van der Waals surface area contributed by atoms with Crippen LogP contribution in [0.2, 0.25) is 5.02 Å². The van der Waals surface area contributed by atoms with Crippen LogP contribution in [0.3, 0.4) is 0 Å². The Labute approximate surface area is 187 Å². The van der Waals surface area contributed by atoms with Crippen molar-refractivity contribution in [2.75, 3.05) is 6.61 Å². The van der Waals surface area contributed by atoms with E-state index in [0.29, 0.717) is 23.1 Å². The molecule has 5 nitrogen and oxygen atoms in total. The van der Waals surface area contributed by atoms with E-state index in [-0.39, 0.29) is 17.6 Å². The molecule has 0 atom stereocenters. The van der Waals surface area contributed by atoms with Gasteiger partial charge in [-0.25, -0.2) is 0 Å². The maximum atomic E-state index is 12.0. The number of halogens is 2. The molecule has 1 aromatic heterocycles. The molecule has 0 aliphatic heterocycles. The smallest absolute Gasteiger partial charge is 0.264 e. The van der Waals surface area contributed by atoms with Gasteiger partial charge in [0, 0.05) is 15.1 Å². The highest BCUT2D eigenvalue weighted by Crippen LogP contribution is 2.24. The number of ether oxygens (including phenoxy) is 1. The minimum Gasteiger partial charge on any atom is -0.483 e. The lowest BCUT2D eigenvalue weighted by Crippen LogP contribution is -2.41. The largest absolute Gasteiger partial charge is 0.483 e. The van der Waals surface area contributed by atoms with Crippen LogP contribution in [0.1, 0.15) is 11.3 Å². The average Bonchev–Trinajstić information content (AvgIpc) is 3.15. The first-order valence-electron chi connectivity index (χ1n) is 8.72. The van der Waals surface area contributed by atoms with Gasteiger partial charge >= 0.3 is 0 Å². The third-order valence-corrected chi connectivity index (χ3v) is 4.97. The Bertz CT molecular complexity index is 1020. The van der Waals surface area contributed by atoms with E-state index in [1.165, 1.54) is 0 Å². The molecule has 0 radical (unpaired) electrons. The summed E-state index contributed by atoms with van der Waals surface area (Å²) < 4.78 is 12.3. The van der Waals surface area contributed by atoms with Gasteiger partial charge < -0.3 is 19.8 Å². The number of benzene rings is 2. The lowest BCUT2D eigenvalue weighted by molar-refractivity contribution is -0.121. The van der Waals surface area contributed by atoms with Gasteiger partial charge in [0.1, 0.15) is 17.3 Å². The topological polar surface area (TPSA) is 63.5 Å². The van der Waals surface area contributed by atoms with Crippen molar-refractivity contribution in [1.82, 2.24) is 10.6 Å². The van der Waals surface area contributed by atoms with Crippen molar-refractivity contribution in [3.05, 3.63) is 75.4 Å². The summed E-state index contributed by atoms with van der Waals surface area (Å²) in [5, 5.41) is 6.34. The number of nitrogens with one attached hydrogen (secondary N) is 2. The Kier molecular flexibility index (Phi) is 7.30. The predicted octanol–water partition coefficient (Wildman–Crippen LogP) is 5.24. The number of carbonyl (C=O) groups is 1. The quantitative estimate of drug-likeness (QED) is 0.460. The van der Waals surface area contributed by atoms with Crippen LogP contribution in [0.25, 0.3) is 11.3 Å². The number of amides is 1. The first-order valence-corrected chi connectivity index (χ1v) is 10.3. The van der Waals surface area contributed by atoms with Crippen LogP contribution in [-0.4, -0.2) is 17.6 Å². The maximum Gasteiger partial charge on any atom is 0.264 e. The number of rotatable bonds is 6. The lowest BCUT2D eigenvalue weighted by atomic mass is 10.2. The zero-order valence-corrected chi connectivity index (χ0v) is 18.7. The predicted molar refractivity (Wildman–Crippen MR) is 121 cm³/mol. The molecule has 0 aliphatic carbocycles. The number of hydrogen-bond donors (Lipinski definition) is 2. The fourth-order valence-corrected chi connectivity index (χ4v) is 3.21. The van der Waals surface area contributed by atoms with E-state index in [1.807, 2.05) is 43.3 Å².